The molecule has 9 heteroatoms. The molecule has 2 unspecified atom stereocenters. The fourth-order valence-electron chi connectivity index (χ4n) is 6.85. The number of likely N-dealkylation sites (N-methyl/N-ethyl adjacent to an activating group) is 1. The fraction of sp³-hybridized carbons (Fsp3) is 0.860. The first-order valence-corrected chi connectivity index (χ1v) is 26.2. The van der Waals surface area contributed by atoms with Crippen LogP contribution in [0.4, 0.5) is 0 Å². The van der Waals surface area contributed by atoms with E-state index in [0.717, 1.165) is 51.4 Å². The van der Waals surface area contributed by atoms with Crippen molar-refractivity contribution in [2.75, 3.05) is 54.1 Å². The highest BCUT2D eigenvalue weighted by Gasteiger charge is 2.26. The molecule has 0 aliphatic carbocycles. The minimum absolute atomic E-state index is 0.0874. The number of carbonyl (C=O) groups is 1. The number of nitrogens with zero attached hydrogens (tertiary/aromatic N) is 1. The van der Waals surface area contributed by atoms with E-state index in [-0.39, 0.29) is 25.8 Å². The molecule has 0 amide bonds. The van der Waals surface area contributed by atoms with Gasteiger partial charge in [0, 0.05) is 13.0 Å². The Bertz CT molecular complexity index is 1040. The first-order chi connectivity index (χ1) is 28.6. The van der Waals surface area contributed by atoms with E-state index in [1.54, 1.807) is 0 Å². The minimum Gasteiger partial charge on any atom is -0.457 e. The second kappa shape index (κ2) is 43.4. The topological polar surface area (TPSA) is 91.3 Å². The van der Waals surface area contributed by atoms with Crippen LogP contribution >= 0.6 is 7.82 Å². The van der Waals surface area contributed by atoms with E-state index in [1.807, 2.05) is 21.1 Å². The summed E-state index contributed by atoms with van der Waals surface area (Å²) in [6.45, 7) is 5.62. The molecule has 2 atom stereocenters. The molecule has 0 heterocycles. The largest absolute Gasteiger partial charge is 0.472 e. The number of hydrogen-bond acceptors (Lipinski definition) is 6. The van der Waals surface area contributed by atoms with E-state index < -0.39 is 13.9 Å². The number of carbonyl (C=O) groups excluding carboxylic acids is 1. The smallest absolute Gasteiger partial charge is 0.457 e. The van der Waals surface area contributed by atoms with Crippen LogP contribution in [0.5, 0.6) is 0 Å². The lowest BCUT2D eigenvalue weighted by Crippen LogP contribution is -2.37. The van der Waals surface area contributed by atoms with Gasteiger partial charge in [-0.05, 0) is 51.4 Å². The average Bonchev–Trinajstić information content (AvgIpc) is 3.19. The van der Waals surface area contributed by atoms with Crippen molar-refractivity contribution < 1.29 is 37.3 Å². The molecule has 0 aliphatic heterocycles. The lowest BCUT2D eigenvalue weighted by Gasteiger charge is -2.24. The number of hydrogen-bond donors (Lipinski definition) is 1. The number of ether oxygens (including phenoxy) is 2. The summed E-state index contributed by atoms with van der Waals surface area (Å²) < 4.78 is 35.1. The number of quaternary nitrogens is 1. The van der Waals surface area contributed by atoms with Gasteiger partial charge in [-0.2, -0.15) is 0 Å². The number of phosphoric ester groups is 1. The lowest BCUT2D eigenvalue weighted by molar-refractivity contribution is -0.870. The molecule has 0 aliphatic rings. The van der Waals surface area contributed by atoms with Gasteiger partial charge in [-0.3, -0.25) is 13.8 Å². The van der Waals surface area contributed by atoms with Crippen molar-refractivity contribution in [3.05, 3.63) is 36.5 Å². The maximum Gasteiger partial charge on any atom is 0.472 e. The van der Waals surface area contributed by atoms with Crippen LogP contribution in [0.3, 0.4) is 0 Å². The number of esters is 1. The number of unbranched alkanes of at least 4 members (excludes halogenated alkanes) is 26. The lowest BCUT2D eigenvalue weighted by atomic mass is 10.0. The van der Waals surface area contributed by atoms with Crippen LogP contribution in [0, 0.1) is 0 Å². The summed E-state index contributed by atoms with van der Waals surface area (Å²) in [5, 5.41) is 0. The van der Waals surface area contributed by atoms with Gasteiger partial charge in [-0.15, -0.1) is 0 Å². The fourth-order valence-corrected chi connectivity index (χ4v) is 7.60. The quantitative estimate of drug-likeness (QED) is 0.0214. The van der Waals surface area contributed by atoms with Gasteiger partial charge in [0.1, 0.15) is 19.3 Å². The summed E-state index contributed by atoms with van der Waals surface area (Å²) in [4.78, 5) is 22.9. The highest BCUT2D eigenvalue weighted by molar-refractivity contribution is 7.47. The zero-order chi connectivity index (χ0) is 43.4. The van der Waals surface area contributed by atoms with Crippen molar-refractivity contribution in [2.24, 2.45) is 0 Å². The molecule has 0 radical (unpaired) electrons. The molecule has 0 saturated carbocycles. The van der Waals surface area contributed by atoms with Gasteiger partial charge in [0.05, 0.1) is 34.4 Å². The molecular formula is C50H97NO7P+. The van der Waals surface area contributed by atoms with Crippen LogP contribution in [0.25, 0.3) is 0 Å². The van der Waals surface area contributed by atoms with Crippen LogP contribution in [0.2, 0.25) is 0 Å². The Morgan fingerprint density at radius 2 is 0.932 bits per heavy atom. The van der Waals surface area contributed by atoms with Gasteiger partial charge >= 0.3 is 13.8 Å². The SMILES string of the molecule is CCCCCCC/C=C\C/C=C\C/C=C\CCCCCCCCCOCC(COP(=O)(O)OCC[N+](C)(C)C)OC(=O)CCCCCCCCCCCCCCCCC. The molecule has 1 N–H and O–H groups in total. The third-order valence-electron chi connectivity index (χ3n) is 10.7. The second-order valence-electron chi connectivity index (χ2n) is 17.9. The normalized spacial score (nSPS) is 13.9. The molecule has 0 aromatic carbocycles. The first-order valence-electron chi connectivity index (χ1n) is 24.7. The molecule has 348 valence electrons. The highest BCUT2D eigenvalue weighted by atomic mass is 31.2. The molecule has 0 aromatic rings. The summed E-state index contributed by atoms with van der Waals surface area (Å²) in [6.07, 6.45) is 51.8. The summed E-state index contributed by atoms with van der Waals surface area (Å²) in [7, 11) is 1.67. The maximum absolute atomic E-state index is 12.7. The predicted octanol–water partition coefficient (Wildman–Crippen LogP) is 14.9. The Morgan fingerprint density at radius 1 is 0.525 bits per heavy atom. The van der Waals surface area contributed by atoms with Crippen molar-refractivity contribution in [1.29, 1.82) is 0 Å². The van der Waals surface area contributed by atoms with Gasteiger partial charge in [-0.25, -0.2) is 4.57 Å². The molecule has 0 bridgehead atoms. The molecule has 0 fully saturated rings. The third kappa shape index (κ3) is 47.6. The van der Waals surface area contributed by atoms with Gasteiger partial charge in [0.2, 0.25) is 0 Å². The molecular weight excluding hydrogens is 758 g/mol. The van der Waals surface area contributed by atoms with E-state index in [2.05, 4.69) is 50.3 Å². The molecule has 0 rings (SSSR count). The van der Waals surface area contributed by atoms with E-state index in [4.69, 9.17) is 18.5 Å². The zero-order valence-corrected chi connectivity index (χ0v) is 40.4. The van der Waals surface area contributed by atoms with Crippen LogP contribution in [-0.2, 0) is 27.9 Å². The van der Waals surface area contributed by atoms with Crippen molar-refractivity contribution in [3.8, 4) is 0 Å². The van der Waals surface area contributed by atoms with Gasteiger partial charge < -0.3 is 18.9 Å². The Hall–Kier alpha value is -1.28. The van der Waals surface area contributed by atoms with Crippen LogP contribution < -0.4 is 0 Å². The summed E-state index contributed by atoms with van der Waals surface area (Å²) >= 11 is 0. The average molecular weight is 855 g/mol. The Morgan fingerprint density at radius 3 is 1.39 bits per heavy atom. The Kier molecular flexibility index (Phi) is 42.4. The van der Waals surface area contributed by atoms with E-state index >= 15 is 0 Å². The maximum atomic E-state index is 12.7. The van der Waals surface area contributed by atoms with Crippen molar-refractivity contribution >= 4 is 13.8 Å². The number of allylic oxidation sites excluding steroid dienone is 6. The minimum atomic E-state index is -4.28. The highest BCUT2D eigenvalue weighted by Crippen LogP contribution is 2.43. The van der Waals surface area contributed by atoms with Gasteiger partial charge in [0.25, 0.3) is 0 Å². The van der Waals surface area contributed by atoms with Crippen molar-refractivity contribution in [2.45, 2.75) is 225 Å². The van der Waals surface area contributed by atoms with Crippen LogP contribution in [-0.4, -0.2) is 75.6 Å². The van der Waals surface area contributed by atoms with Gasteiger partial charge in [-0.1, -0.05) is 198 Å². The van der Waals surface area contributed by atoms with E-state index in [9.17, 15) is 14.3 Å². The van der Waals surface area contributed by atoms with Crippen molar-refractivity contribution in [1.82, 2.24) is 0 Å². The molecule has 8 nitrogen and oxygen atoms in total. The molecule has 0 aromatic heterocycles. The molecule has 0 saturated heterocycles. The zero-order valence-electron chi connectivity index (χ0n) is 39.5. The van der Waals surface area contributed by atoms with E-state index in [1.165, 1.54) is 148 Å². The van der Waals surface area contributed by atoms with Gasteiger partial charge in [0.15, 0.2) is 0 Å². The molecule has 59 heavy (non-hydrogen) atoms. The first kappa shape index (κ1) is 57.7. The Labute approximate surface area is 365 Å². The van der Waals surface area contributed by atoms with Crippen LogP contribution in [0.15, 0.2) is 36.5 Å². The van der Waals surface area contributed by atoms with E-state index in [0.29, 0.717) is 24.1 Å². The summed E-state index contributed by atoms with van der Waals surface area (Å²) in [5.41, 5.74) is 0. The summed E-state index contributed by atoms with van der Waals surface area (Å²) in [5.74, 6) is -0.315. The molecule has 0 spiro atoms. The van der Waals surface area contributed by atoms with Crippen molar-refractivity contribution in [3.63, 3.8) is 0 Å². The van der Waals surface area contributed by atoms with Crippen LogP contribution in [0.1, 0.15) is 219 Å². The third-order valence-corrected chi connectivity index (χ3v) is 11.7. The number of phosphoric acid groups is 1. The predicted molar refractivity (Wildman–Crippen MR) is 252 cm³/mol. The number of rotatable bonds is 46. The Balaban J connectivity index is 4.16. The summed E-state index contributed by atoms with van der Waals surface area (Å²) in [6, 6.07) is 0. The second-order valence-corrected chi connectivity index (χ2v) is 19.3. The standard InChI is InChI=1S/C50H96NO7P/c1-6-8-10-12-14-16-18-20-22-23-24-25-26-27-28-30-32-34-36-38-40-42-45-55-47-49(48-57-59(53,54)56-46-44-51(3,4)5)58-50(52)43-41-39-37-35-33-31-29-21-19-17-15-13-11-9-7-2/h18,20,23-24,26-27,49H,6-17,19,21-22,25,28-48H2,1-5H3/p+1/b20-18-,24-23-,27-26-. The monoisotopic (exact) mass is 855 g/mol.